The molecule has 1 heterocycles. The fraction of sp³-hybridized carbons (Fsp3) is 0.714. The Morgan fingerprint density at radius 2 is 1.94 bits per heavy atom. The zero-order valence-electron chi connectivity index (χ0n) is 21.0. The zero-order valence-corrected chi connectivity index (χ0v) is 21.0. The molecule has 1 aromatic carbocycles. The van der Waals surface area contributed by atoms with Gasteiger partial charge >= 0.3 is 0 Å². The molecule has 2 saturated carbocycles. The molecule has 3 fully saturated rings. The van der Waals surface area contributed by atoms with Crippen LogP contribution in [0.2, 0.25) is 0 Å². The average molecular weight is 443 g/mol. The Morgan fingerprint density at radius 1 is 1.22 bits per heavy atom. The summed E-state index contributed by atoms with van der Waals surface area (Å²) in [5.74, 6) is 1.61. The lowest BCUT2D eigenvalue weighted by Crippen LogP contribution is -2.73. The van der Waals surface area contributed by atoms with E-state index in [4.69, 9.17) is 9.47 Å². The van der Waals surface area contributed by atoms with Gasteiger partial charge in [0.2, 0.25) is 0 Å². The minimum atomic E-state index is -0.474. The maximum atomic E-state index is 10.8. The standard InChI is InChI=1S/C28H42O4/c1-18(9-11-20-16-21(31-7)15-19(2)24(20)30)10-12-22-26(5)13-8-14-27(26,6)28(22)17-23(29)25(3,4)32-28/h9,15-16,22-23,29-30H,8,10-14,17H2,1-7H3/b18-9+/t22-,23-,26-,27-,28+/m0/s1. The number of hydrogen-bond donors (Lipinski definition) is 2. The number of rotatable bonds is 6. The van der Waals surface area contributed by atoms with Gasteiger partial charge in [-0.2, -0.15) is 0 Å². The van der Waals surface area contributed by atoms with Gasteiger partial charge in [-0.05, 0) is 88.8 Å². The van der Waals surface area contributed by atoms with Gasteiger partial charge in [-0.1, -0.05) is 31.9 Å². The topological polar surface area (TPSA) is 58.9 Å². The largest absolute Gasteiger partial charge is 0.507 e. The molecule has 0 amide bonds. The molecule has 1 aliphatic heterocycles. The predicted octanol–water partition coefficient (Wildman–Crippen LogP) is 6.10. The highest BCUT2D eigenvalue weighted by molar-refractivity contribution is 5.46. The second kappa shape index (κ2) is 7.77. The van der Waals surface area contributed by atoms with Crippen LogP contribution >= 0.6 is 0 Å². The van der Waals surface area contributed by atoms with Crippen LogP contribution in [0.1, 0.15) is 84.3 Å². The predicted molar refractivity (Wildman–Crippen MR) is 128 cm³/mol. The number of phenolic OH excluding ortho intramolecular Hbond substituents is 1. The van der Waals surface area contributed by atoms with E-state index in [-0.39, 0.29) is 16.4 Å². The quantitative estimate of drug-likeness (QED) is 0.522. The molecule has 0 radical (unpaired) electrons. The van der Waals surface area contributed by atoms with Crippen molar-refractivity contribution < 1.29 is 19.7 Å². The summed E-state index contributed by atoms with van der Waals surface area (Å²) in [4.78, 5) is 0. The van der Waals surface area contributed by atoms with Crippen LogP contribution < -0.4 is 4.74 Å². The molecule has 2 N–H and O–H groups in total. The van der Waals surface area contributed by atoms with Crippen molar-refractivity contribution >= 4 is 0 Å². The molecule has 32 heavy (non-hydrogen) atoms. The van der Waals surface area contributed by atoms with E-state index in [1.54, 1.807) is 7.11 Å². The number of ether oxygens (including phenoxy) is 2. The van der Waals surface area contributed by atoms with E-state index in [0.717, 1.165) is 36.1 Å². The average Bonchev–Trinajstić information content (AvgIpc) is 3.15. The Kier molecular flexibility index (Phi) is 5.74. The minimum absolute atomic E-state index is 0.154. The number of aliphatic hydroxyl groups excluding tert-OH is 1. The number of aromatic hydroxyl groups is 1. The highest BCUT2D eigenvalue weighted by atomic mass is 16.6. The van der Waals surface area contributed by atoms with Gasteiger partial charge in [0, 0.05) is 17.4 Å². The van der Waals surface area contributed by atoms with Gasteiger partial charge in [-0.15, -0.1) is 0 Å². The van der Waals surface area contributed by atoms with E-state index in [1.807, 2.05) is 32.9 Å². The van der Waals surface area contributed by atoms with E-state index in [9.17, 15) is 10.2 Å². The third-order valence-corrected chi connectivity index (χ3v) is 9.73. The Balaban J connectivity index is 1.50. The van der Waals surface area contributed by atoms with E-state index in [0.29, 0.717) is 18.1 Å². The molecule has 1 saturated heterocycles. The molecule has 4 heteroatoms. The Hall–Kier alpha value is -1.52. The van der Waals surface area contributed by atoms with E-state index >= 15 is 0 Å². The van der Waals surface area contributed by atoms with E-state index in [1.165, 1.54) is 24.8 Å². The molecule has 5 atom stereocenters. The SMILES string of the molecule is COc1cc(C)c(O)c(C/C=C(\C)CC[C@H]2[C@]3(C)CCC[C@]3(C)[C@@]23C[C@H](O)C(C)(C)O3)c1. The maximum Gasteiger partial charge on any atom is 0.122 e. The van der Waals surface area contributed by atoms with Crippen molar-refractivity contribution in [1.29, 1.82) is 0 Å². The monoisotopic (exact) mass is 442 g/mol. The van der Waals surface area contributed by atoms with Crippen LogP contribution in [0.3, 0.4) is 0 Å². The first-order chi connectivity index (χ1) is 14.9. The van der Waals surface area contributed by atoms with Gasteiger partial charge in [0.1, 0.15) is 11.5 Å². The van der Waals surface area contributed by atoms with Crippen molar-refractivity contribution in [1.82, 2.24) is 0 Å². The molecule has 0 bridgehead atoms. The number of allylic oxidation sites excluding steroid dienone is 2. The van der Waals surface area contributed by atoms with Gasteiger partial charge in [0.05, 0.1) is 24.4 Å². The molecule has 1 aromatic rings. The molecule has 4 rings (SSSR count). The van der Waals surface area contributed by atoms with E-state index < -0.39 is 11.7 Å². The van der Waals surface area contributed by atoms with Gasteiger partial charge in [-0.3, -0.25) is 0 Å². The number of benzene rings is 1. The van der Waals surface area contributed by atoms with Crippen molar-refractivity contribution in [3.05, 3.63) is 34.9 Å². The fourth-order valence-electron chi connectivity index (χ4n) is 7.51. The number of methoxy groups -OCH3 is 1. The van der Waals surface area contributed by atoms with Crippen LogP contribution in [0, 0.1) is 23.7 Å². The van der Waals surface area contributed by atoms with E-state index in [2.05, 4.69) is 26.8 Å². The molecule has 3 aliphatic rings. The maximum absolute atomic E-state index is 10.8. The van der Waals surface area contributed by atoms with Crippen molar-refractivity contribution in [2.45, 2.75) is 104 Å². The summed E-state index contributed by atoms with van der Waals surface area (Å²) in [7, 11) is 1.66. The van der Waals surface area contributed by atoms with Gasteiger partial charge in [-0.25, -0.2) is 0 Å². The van der Waals surface area contributed by atoms with Crippen LogP contribution in [0.15, 0.2) is 23.8 Å². The summed E-state index contributed by atoms with van der Waals surface area (Å²) in [5.41, 5.74) is 2.85. The molecule has 1 spiro atoms. The van der Waals surface area contributed by atoms with Crippen molar-refractivity contribution in [3.8, 4) is 11.5 Å². The second-order valence-corrected chi connectivity index (χ2v) is 11.7. The number of hydrogen-bond acceptors (Lipinski definition) is 4. The summed E-state index contributed by atoms with van der Waals surface area (Å²) in [6.45, 7) is 13.1. The van der Waals surface area contributed by atoms with Crippen LogP contribution in [0.5, 0.6) is 11.5 Å². The molecular formula is C28H42O4. The van der Waals surface area contributed by atoms with Crippen LogP contribution in [0.25, 0.3) is 0 Å². The highest BCUT2D eigenvalue weighted by Crippen LogP contribution is 2.79. The van der Waals surface area contributed by atoms with Crippen molar-refractivity contribution in [3.63, 3.8) is 0 Å². The highest BCUT2D eigenvalue weighted by Gasteiger charge is 2.80. The first-order valence-corrected chi connectivity index (χ1v) is 12.3. The number of fused-ring (bicyclic) bond motifs is 2. The molecule has 0 aromatic heterocycles. The van der Waals surface area contributed by atoms with Crippen LogP contribution in [-0.2, 0) is 11.2 Å². The molecule has 178 valence electrons. The Bertz CT molecular complexity index is 918. The smallest absolute Gasteiger partial charge is 0.122 e. The number of aliphatic hydroxyl groups is 1. The van der Waals surface area contributed by atoms with Crippen LogP contribution in [-0.4, -0.2) is 34.6 Å². The van der Waals surface area contributed by atoms with Gasteiger partial charge < -0.3 is 19.7 Å². The third-order valence-electron chi connectivity index (χ3n) is 9.73. The summed E-state index contributed by atoms with van der Waals surface area (Å²) in [5, 5.41) is 21.3. The first-order valence-electron chi connectivity index (χ1n) is 12.3. The Morgan fingerprint density at radius 3 is 2.56 bits per heavy atom. The first kappa shape index (κ1) is 23.6. The number of phenols is 1. The van der Waals surface area contributed by atoms with Crippen molar-refractivity contribution in [2.24, 2.45) is 16.7 Å². The van der Waals surface area contributed by atoms with Crippen molar-refractivity contribution in [2.75, 3.05) is 7.11 Å². The fourth-order valence-corrected chi connectivity index (χ4v) is 7.51. The zero-order chi connectivity index (χ0) is 23.5. The normalized spacial score (nSPS) is 38.1. The van der Waals surface area contributed by atoms with Gasteiger partial charge in [0.25, 0.3) is 0 Å². The van der Waals surface area contributed by atoms with Gasteiger partial charge in [0.15, 0.2) is 0 Å². The number of aryl methyl sites for hydroxylation is 1. The lowest BCUT2D eigenvalue weighted by atomic mass is 9.36. The summed E-state index contributed by atoms with van der Waals surface area (Å²) in [6.07, 6.45) is 9.11. The molecule has 0 unspecified atom stereocenters. The summed E-state index contributed by atoms with van der Waals surface area (Å²) >= 11 is 0. The third kappa shape index (κ3) is 3.24. The molecule has 2 aliphatic carbocycles. The molecular weight excluding hydrogens is 400 g/mol. The second-order valence-electron chi connectivity index (χ2n) is 11.7. The van der Waals surface area contributed by atoms with Crippen LogP contribution in [0.4, 0.5) is 0 Å². The molecule has 4 nitrogen and oxygen atoms in total. The summed E-state index contributed by atoms with van der Waals surface area (Å²) < 4.78 is 12.2. The lowest BCUT2D eigenvalue weighted by Gasteiger charge is -2.71. The summed E-state index contributed by atoms with van der Waals surface area (Å²) in [6, 6.07) is 3.79. The Labute approximate surface area is 194 Å². The lowest BCUT2D eigenvalue weighted by molar-refractivity contribution is -0.317. The minimum Gasteiger partial charge on any atom is -0.507 e.